The zero-order valence-corrected chi connectivity index (χ0v) is 22.7. The molecule has 4 bridgehead atoms. The summed E-state index contributed by atoms with van der Waals surface area (Å²) >= 11 is 0. The van der Waals surface area contributed by atoms with E-state index in [-0.39, 0.29) is 43.2 Å². The number of rotatable bonds is 2. The first-order valence-electron chi connectivity index (χ1n) is 13.7. The number of hydrogen-bond donors (Lipinski definition) is 3. The second-order valence-corrected chi connectivity index (χ2v) is 10.3. The standard InChI is InChI=1S/C29H32N6O6/c1-39-23-7-4-19-12-24(23)40-17-27(36)31-13-18-2-5-20(6-3-18)41-25-16-35(14-21(25)33-28(19)37)29(38)22-15-34-11-10-30-9-8-26(34)32-22/h2-7,12,15,21,25,30H,8-11,13-14,16-17H2,1H3,(H,31,36)(H,33,37)/t21-,25-/m0/s1. The van der Waals surface area contributed by atoms with E-state index in [4.69, 9.17) is 14.2 Å². The molecule has 214 valence electrons. The summed E-state index contributed by atoms with van der Waals surface area (Å²) in [5.41, 5.74) is 1.60. The summed E-state index contributed by atoms with van der Waals surface area (Å²) in [7, 11) is 1.49. The summed E-state index contributed by atoms with van der Waals surface area (Å²) in [5, 5.41) is 9.20. The van der Waals surface area contributed by atoms with Crippen LogP contribution in [-0.2, 0) is 24.3 Å². The Kier molecular flexibility index (Phi) is 7.47. The molecule has 3 amide bonds. The van der Waals surface area contributed by atoms with Crippen LogP contribution in [-0.4, -0.2) is 84.2 Å². The van der Waals surface area contributed by atoms with E-state index in [0.717, 1.165) is 37.4 Å². The van der Waals surface area contributed by atoms with Crippen molar-refractivity contribution in [3.05, 3.63) is 71.3 Å². The lowest BCUT2D eigenvalue weighted by molar-refractivity contribution is -0.123. The molecule has 1 fully saturated rings. The second-order valence-electron chi connectivity index (χ2n) is 10.3. The van der Waals surface area contributed by atoms with Gasteiger partial charge in [0.05, 0.1) is 19.7 Å². The maximum atomic E-state index is 13.6. The van der Waals surface area contributed by atoms with Crippen molar-refractivity contribution in [2.45, 2.75) is 31.7 Å². The van der Waals surface area contributed by atoms with Gasteiger partial charge in [0, 0.05) is 50.9 Å². The number of nitrogens with one attached hydrogen (secondary N) is 3. The molecule has 4 aliphatic rings. The van der Waals surface area contributed by atoms with E-state index in [9.17, 15) is 14.4 Å². The number of amides is 3. The van der Waals surface area contributed by atoms with Crippen LogP contribution in [0.5, 0.6) is 17.2 Å². The summed E-state index contributed by atoms with van der Waals surface area (Å²) in [6.07, 6.45) is 2.07. The predicted octanol–water partition coefficient (Wildman–Crippen LogP) is 0.748. The normalized spacial score (nSPS) is 20.9. The quantitative estimate of drug-likeness (QED) is 0.418. The Hall–Kier alpha value is -4.58. The van der Waals surface area contributed by atoms with Crippen LogP contribution in [0.15, 0.2) is 48.7 Å². The molecule has 2 aromatic carbocycles. The van der Waals surface area contributed by atoms with Crippen molar-refractivity contribution in [1.82, 2.24) is 30.4 Å². The number of aromatic nitrogens is 2. The van der Waals surface area contributed by atoms with Gasteiger partial charge in [0.2, 0.25) is 0 Å². The van der Waals surface area contributed by atoms with Gasteiger partial charge >= 0.3 is 0 Å². The molecule has 3 aromatic rings. The van der Waals surface area contributed by atoms with Gasteiger partial charge in [0.1, 0.15) is 23.4 Å². The number of likely N-dealkylation sites (tertiary alicyclic amines) is 1. The fourth-order valence-corrected chi connectivity index (χ4v) is 5.27. The van der Waals surface area contributed by atoms with Gasteiger partial charge in [0.25, 0.3) is 17.7 Å². The number of benzene rings is 2. The van der Waals surface area contributed by atoms with Crippen LogP contribution in [0.25, 0.3) is 0 Å². The summed E-state index contributed by atoms with van der Waals surface area (Å²) < 4.78 is 19.4. The van der Waals surface area contributed by atoms with Crippen LogP contribution in [0.2, 0.25) is 0 Å². The van der Waals surface area contributed by atoms with E-state index in [1.807, 2.05) is 35.0 Å². The third-order valence-corrected chi connectivity index (χ3v) is 7.49. The fraction of sp³-hybridized carbons (Fsp3) is 0.379. The third-order valence-electron chi connectivity index (χ3n) is 7.49. The highest BCUT2D eigenvalue weighted by Gasteiger charge is 2.39. The fourth-order valence-electron chi connectivity index (χ4n) is 5.27. The molecule has 3 N–H and O–H groups in total. The highest BCUT2D eigenvalue weighted by molar-refractivity contribution is 5.96. The number of methoxy groups -OCH3 is 1. The second kappa shape index (κ2) is 11.5. The van der Waals surface area contributed by atoms with Crippen molar-refractivity contribution in [1.29, 1.82) is 0 Å². The highest BCUT2D eigenvalue weighted by atomic mass is 16.5. The van der Waals surface area contributed by atoms with Crippen LogP contribution in [0.4, 0.5) is 0 Å². The largest absolute Gasteiger partial charge is 0.493 e. The first-order valence-corrected chi connectivity index (χ1v) is 13.7. The predicted molar refractivity (Wildman–Crippen MR) is 147 cm³/mol. The smallest absolute Gasteiger partial charge is 0.274 e. The first kappa shape index (κ1) is 26.6. The van der Waals surface area contributed by atoms with Crippen LogP contribution < -0.4 is 30.2 Å². The molecule has 0 unspecified atom stereocenters. The topological polar surface area (TPSA) is 136 Å². The van der Waals surface area contributed by atoms with Crippen molar-refractivity contribution in [3.8, 4) is 17.2 Å². The molecule has 0 saturated carbocycles. The van der Waals surface area contributed by atoms with Crippen LogP contribution in [0.1, 0.15) is 32.2 Å². The number of fused-ring (bicyclic) bond motifs is 8. The van der Waals surface area contributed by atoms with Gasteiger partial charge < -0.3 is 39.6 Å². The van der Waals surface area contributed by atoms with Gasteiger partial charge in [-0.05, 0) is 35.9 Å². The first-order chi connectivity index (χ1) is 20.0. The van der Waals surface area contributed by atoms with Crippen molar-refractivity contribution in [3.63, 3.8) is 0 Å². The van der Waals surface area contributed by atoms with E-state index < -0.39 is 12.1 Å². The van der Waals surface area contributed by atoms with E-state index >= 15 is 0 Å². The molecule has 0 spiro atoms. The molecule has 7 rings (SSSR count). The Morgan fingerprint density at radius 2 is 1.95 bits per heavy atom. The number of carbonyl (C=O) groups is 3. The lowest BCUT2D eigenvalue weighted by atomic mass is 10.1. The minimum atomic E-state index is -0.497. The van der Waals surface area contributed by atoms with Gasteiger partial charge in [0.15, 0.2) is 18.1 Å². The monoisotopic (exact) mass is 560 g/mol. The van der Waals surface area contributed by atoms with Crippen molar-refractivity contribution >= 4 is 17.7 Å². The molecule has 2 atom stereocenters. The summed E-state index contributed by atoms with van der Waals surface area (Å²) in [4.78, 5) is 45.6. The van der Waals surface area contributed by atoms with E-state index in [0.29, 0.717) is 29.3 Å². The lowest BCUT2D eigenvalue weighted by Crippen LogP contribution is -2.45. The van der Waals surface area contributed by atoms with E-state index in [1.165, 1.54) is 13.2 Å². The van der Waals surface area contributed by atoms with Crippen molar-refractivity contribution in [2.75, 3.05) is 39.9 Å². The number of imidazole rings is 1. The minimum Gasteiger partial charge on any atom is -0.493 e. The van der Waals surface area contributed by atoms with E-state index in [2.05, 4.69) is 20.9 Å². The van der Waals surface area contributed by atoms with Gasteiger partial charge in [-0.25, -0.2) is 4.98 Å². The summed E-state index contributed by atoms with van der Waals surface area (Å²) in [5.74, 6) is 1.28. The average molecular weight is 561 g/mol. The Morgan fingerprint density at radius 3 is 2.78 bits per heavy atom. The zero-order valence-electron chi connectivity index (χ0n) is 22.7. The highest BCUT2D eigenvalue weighted by Crippen LogP contribution is 2.29. The number of nitrogens with zero attached hydrogens (tertiary/aromatic N) is 3. The molecule has 12 heteroatoms. The van der Waals surface area contributed by atoms with Gasteiger partial charge in [-0.2, -0.15) is 0 Å². The average Bonchev–Trinajstić information content (AvgIpc) is 3.51. The molecular weight excluding hydrogens is 528 g/mol. The lowest BCUT2D eigenvalue weighted by Gasteiger charge is -2.21. The molecule has 1 aromatic heterocycles. The van der Waals surface area contributed by atoms with Crippen molar-refractivity contribution in [2.24, 2.45) is 0 Å². The summed E-state index contributed by atoms with van der Waals surface area (Å²) in [6.45, 7) is 3.03. The van der Waals surface area contributed by atoms with Crippen molar-refractivity contribution < 1.29 is 28.6 Å². The third kappa shape index (κ3) is 5.82. The number of hydrogen-bond acceptors (Lipinski definition) is 8. The molecule has 0 aliphatic carbocycles. The molecular formula is C29H32N6O6. The maximum Gasteiger partial charge on any atom is 0.274 e. The van der Waals surface area contributed by atoms with Crippen LogP contribution in [0.3, 0.4) is 0 Å². The Labute approximate surface area is 237 Å². The maximum absolute atomic E-state index is 13.6. The molecule has 41 heavy (non-hydrogen) atoms. The van der Waals surface area contributed by atoms with E-state index in [1.54, 1.807) is 17.0 Å². The van der Waals surface area contributed by atoms with Gasteiger partial charge in [-0.15, -0.1) is 0 Å². The SMILES string of the molecule is COc1ccc2cc1OCC(=O)NCc1ccc(cc1)O[C@H]1CN(C(=O)c3cn4c(n3)CCNCC4)C[C@@H]1NC2=O. The van der Waals surface area contributed by atoms with Crippen LogP contribution in [0, 0.1) is 0 Å². The molecule has 12 nitrogen and oxygen atoms in total. The Balaban J connectivity index is 1.27. The van der Waals surface area contributed by atoms with Gasteiger partial charge in [-0.1, -0.05) is 12.1 Å². The molecule has 5 heterocycles. The van der Waals surface area contributed by atoms with Crippen LogP contribution >= 0.6 is 0 Å². The van der Waals surface area contributed by atoms with Gasteiger partial charge in [-0.3, -0.25) is 14.4 Å². The molecule has 0 radical (unpaired) electrons. The summed E-state index contributed by atoms with van der Waals surface area (Å²) in [6, 6.07) is 11.6. The number of ether oxygens (including phenoxy) is 3. The Morgan fingerprint density at radius 1 is 1.10 bits per heavy atom. The number of carbonyl (C=O) groups excluding carboxylic acids is 3. The minimum absolute atomic E-state index is 0.197. The Bertz CT molecular complexity index is 1430. The molecule has 4 aliphatic heterocycles. The molecule has 1 saturated heterocycles. The zero-order chi connectivity index (χ0) is 28.3.